The van der Waals surface area contributed by atoms with Gasteiger partial charge >= 0.3 is 0 Å². The van der Waals surface area contributed by atoms with Gasteiger partial charge in [0.15, 0.2) is 0 Å². The highest BCUT2D eigenvalue weighted by atomic mass is 15.0. The number of aromatic nitrogens is 2. The van der Waals surface area contributed by atoms with Crippen molar-refractivity contribution in [2.45, 2.75) is 25.7 Å². The molecule has 2 heterocycles. The van der Waals surface area contributed by atoms with Crippen molar-refractivity contribution >= 4 is 21.9 Å². The van der Waals surface area contributed by atoms with Gasteiger partial charge in [-0.1, -0.05) is 24.3 Å². The molecule has 0 N–H and O–H groups in total. The fourth-order valence-corrected chi connectivity index (χ4v) is 3.92. The zero-order valence-electron chi connectivity index (χ0n) is 13.0. The van der Waals surface area contributed by atoms with Gasteiger partial charge in [0.05, 0.1) is 5.52 Å². The summed E-state index contributed by atoms with van der Waals surface area (Å²) in [5.74, 6) is 0. The third kappa shape index (κ3) is 1.91. The quantitative estimate of drug-likeness (QED) is 0.480. The van der Waals surface area contributed by atoms with Crippen molar-refractivity contribution in [3.8, 4) is 5.69 Å². The first kappa shape index (κ1) is 12.9. The number of benzene rings is 2. The van der Waals surface area contributed by atoms with Crippen molar-refractivity contribution in [1.82, 2.24) is 9.55 Å². The first-order valence-corrected chi connectivity index (χ1v) is 8.38. The van der Waals surface area contributed by atoms with Crippen molar-refractivity contribution in [2.24, 2.45) is 0 Å². The van der Waals surface area contributed by atoms with Crippen LogP contribution in [0.5, 0.6) is 0 Å². The van der Waals surface area contributed by atoms with E-state index in [1.807, 2.05) is 12.3 Å². The molecule has 0 radical (unpaired) electrons. The lowest BCUT2D eigenvalue weighted by molar-refractivity contribution is 0.685. The second-order valence-corrected chi connectivity index (χ2v) is 6.39. The summed E-state index contributed by atoms with van der Waals surface area (Å²) in [7, 11) is 0. The van der Waals surface area contributed by atoms with Crippen LogP contribution in [-0.2, 0) is 12.8 Å². The molecule has 0 atom stereocenters. The zero-order valence-corrected chi connectivity index (χ0v) is 13.0. The predicted molar refractivity (Wildman–Crippen MR) is 95.2 cm³/mol. The van der Waals surface area contributed by atoms with E-state index in [-0.39, 0.29) is 0 Å². The molecule has 0 bridgehead atoms. The average molecular weight is 298 g/mol. The zero-order chi connectivity index (χ0) is 15.2. The van der Waals surface area contributed by atoms with E-state index in [1.54, 1.807) is 0 Å². The first-order valence-electron chi connectivity index (χ1n) is 8.38. The molecule has 0 aliphatic heterocycles. The fourth-order valence-electron chi connectivity index (χ4n) is 3.92. The summed E-state index contributed by atoms with van der Waals surface area (Å²) in [6, 6.07) is 19.7. The Balaban J connectivity index is 1.85. The van der Waals surface area contributed by atoms with Crippen LogP contribution in [-0.4, -0.2) is 9.55 Å². The summed E-state index contributed by atoms with van der Waals surface area (Å²) in [6.45, 7) is 0. The fraction of sp³-hybridized carbons (Fsp3) is 0.190. The van der Waals surface area contributed by atoms with Crippen LogP contribution in [0.2, 0.25) is 0 Å². The van der Waals surface area contributed by atoms with Crippen LogP contribution in [0.15, 0.2) is 60.8 Å². The molecule has 0 fully saturated rings. The Kier molecular flexibility index (Phi) is 2.77. The van der Waals surface area contributed by atoms with E-state index in [1.165, 1.54) is 58.8 Å². The molecule has 2 heteroatoms. The van der Waals surface area contributed by atoms with Gasteiger partial charge in [-0.3, -0.25) is 4.57 Å². The van der Waals surface area contributed by atoms with Crippen LogP contribution in [0, 0.1) is 0 Å². The summed E-state index contributed by atoms with van der Waals surface area (Å²) in [4.78, 5) is 4.67. The molecule has 0 unspecified atom stereocenters. The molecule has 2 aromatic heterocycles. The van der Waals surface area contributed by atoms with Gasteiger partial charge in [0.25, 0.3) is 0 Å². The highest BCUT2D eigenvalue weighted by molar-refractivity contribution is 6.07. The highest BCUT2D eigenvalue weighted by Gasteiger charge is 2.15. The van der Waals surface area contributed by atoms with Crippen LogP contribution in [0.1, 0.15) is 24.0 Å². The molecule has 0 amide bonds. The van der Waals surface area contributed by atoms with E-state index in [0.717, 1.165) is 5.65 Å². The number of aryl methyl sites for hydroxylation is 2. The van der Waals surface area contributed by atoms with E-state index in [2.05, 4.69) is 58.1 Å². The van der Waals surface area contributed by atoms with Gasteiger partial charge in [0, 0.05) is 22.7 Å². The smallest absolute Gasteiger partial charge is 0.145 e. The molecule has 4 aromatic rings. The molecule has 0 saturated heterocycles. The van der Waals surface area contributed by atoms with Crippen LogP contribution < -0.4 is 0 Å². The lowest BCUT2D eigenvalue weighted by Gasteiger charge is -2.17. The number of para-hydroxylation sites is 1. The summed E-state index contributed by atoms with van der Waals surface area (Å²) < 4.78 is 2.31. The number of nitrogens with zero attached hydrogens (tertiary/aromatic N) is 2. The Morgan fingerprint density at radius 1 is 0.783 bits per heavy atom. The summed E-state index contributed by atoms with van der Waals surface area (Å²) in [5, 5.41) is 2.49. The SMILES string of the molecule is c1ccc2c(c1)c1cccnc1n2-c1ccc2c(c1)CCCC2. The third-order valence-corrected chi connectivity index (χ3v) is 5.02. The lowest BCUT2D eigenvalue weighted by Crippen LogP contribution is -2.04. The summed E-state index contributed by atoms with van der Waals surface area (Å²) in [5.41, 5.74) is 6.54. The van der Waals surface area contributed by atoms with Crippen LogP contribution in [0.25, 0.3) is 27.6 Å². The predicted octanol–water partition coefficient (Wildman–Crippen LogP) is 5.06. The maximum Gasteiger partial charge on any atom is 0.145 e. The van der Waals surface area contributed by atoms with Crippen LogP contribution in [0.3, 0.4) is 0 Å². The lowest BCUT2D eigenvalue weighted by atomic mass is 9.91. The molecule has 23 heavy (non-hydrogen) atoms. The second-order valence-electron chi connectivity index (χ2n) is 6.39. The van der Waals surface area contributed by atoms with E-state index >= 15 is 0 Å². The van der Waals surface area contributed by atoms with Gasteiger partial charge in [0.1, 0.15) is 5.65 Å². The Morgan fingerprint density at radius 3 is 2.57 bits per heavy atom. The normalized spacial score (nSPS) is 14.3. The topological polar surface area (TPSA) is 17.8 Å². The molecule has 5 rings (SSSR count). The Morgan fingerprint density at radius 2 is 1.61 bits per heavy atom. The number of fused-ring (bicyclic) bond motifs is 4. The van der Waals surface area contributed by atoms with Crippen molar-refractivity contribution in [3.05, 3.63) is 71.9 Å². The van der Waals surface area contributed by atoms with Crippen LogP contribution >= 0.6 is 0 Å². The van der Waals surface area contributed by atoms with Crippen molar-refractivity contribution in [1.29, 1.82) is 0 Å². The molecular formula is C21H18N2. The Labute approximate surface area is 135 Å². The van der Waals surface area contributed by atoms with Gasteiger partial charge in [-0.2, -0.15) is 0 Å². The maximum absolute atomic E-state index is 4.67. The second kappa shape index (κ2) is 4.95. The van der Waals surface area contributed by atoms with Gasteiger partial charge in [-0.25, -0.2) is 4.98 Å². The molecule has 1 aliphatic carbocycles. The van der Waals surface area contributed by atoms with E-state index in [0.29, 0.717) is 0 Å². The molecule has 2 nitrogen and oxygen atoms in total. The molecule has 1 aliphatic rings. The number of rotatable bonds is 1. The summed E-state index contributed by atoms with van der Waals surface area (Å²) >= 11 is 0. The van der Waals surface area contributed by atoms with Crippen molar-refractivity contribution in [3.63, 3.8) is 0 Å². The number of hydrogen-bond donors (Lipinski definition) is 0. The first-order chi connectivity index (χ1) is 11.4. The monoisotopic (exact) mass is 298 g/mol. The van der Waals surface area contributed by atoms with E-state index in [9.17, 15) is 0 Å². The average Bonchev–Trinajstić information content (AvgIpc) is 2.96. The van der Waals surface area contributed by atoms with Gasteiger partial charge in [-0.05, 0) is 67.1 Å². The number of hydrogen-bond acceptors (Lipinski definition) is 1. The highest BCUT2D eigenvalue weighted by Crippen LogP contribution is 2.32. The standard InChI is InChI=1S/C21H18N2/c1-2-7-16-14-17(12-11-15(16)6-1)23-20-10-4-3-8-18(20)19-9-5-13-22-21(19)23/h3-5,8-14H,1-2,6-7H2. The summed E-state index contributed by atoms with van der Waals surface area (Å²) in [6.07, 6.45) is 6.94. The minimum Gasteiger partial charge on any atom is -0.294 e. The Hall–Kier alpha value is -2.61. The molecular weight excluding hydrogens is 280 g/mol. The van der Waals surface area contributed by atoms with E-state index in [4.69, 9.17) is 0 Å². The Bertz CT molecular complexity index is 973. The minimum absolute atomic E-state index is 1.05. The third-order valence-electron chi connectivity index (χ3n) is 5.02. The molecule has 2 aromatic carbocycles. The van der Waals surface area contributed by atoms with Gasteiger partial charge in [0.2, 0.25) is 0 Å². The number of pyridine rings is 1. The molecule has 0 saturated carbocycles. The van der Waals surface area contributed by atoms with Crippen LogP contribution in [0.4, 0.5) is 0 Å². The van der Waals surface area contributed by atoms with Crippen molar-refractivity contribution < 1.29 is 0 Å². The minimum atomic E-state index is 1.05. The largest absolute Gasteiger partial charge is 0.294 e. The van der Waals surface area contributed by atoms with Gasteiger partial charge < -0.3 is 0 Å². The molecule has 0 spiro atoms. The maximum atomic E-state index is 4.67. The molecule has 112 valence electrons. The van der Waals surface area contributed by atoms with E-state index < -0.39 is 0 Å². The van der Waals surface area contributed by atoms with Gasteiger partial charge in [-0.15, -0.1) is 0 Å². The van der Waals surface area contributed by atoms with Crippen molar-refractivity contribution in [2.75, 3.05) is 0 Å².